The summed E-state index contributed by atoms with van der Waals surface area (Å²) in [7, 11) is 0. The number of amides is 2. The highest BCUT2D eigenvalue weighted by Crippen LogP contribution is 2.27. The summed E-state index contributed by atoms with van der Waals surface area (Å²) in [6.07, 6.45) is 0. The molecule has 56 heavy (non-hydrogen) atoms. The molecule has 0 heterocycles. The van der Waals surface area contributed by atoms with E-state index in [0.29, 0.717) is 11.1 Å². The molecule has 2 amide bonds. The Morgan fingerprint density at radius 2 is 0.893 bits per heavy atom. The fourth-order valence-electron chi connectivity index (χ4n) is 4.44. The van der Waals surface area contributed by atoms with Gasteiger partial charge in [-0.15, -0.1) is 0 Å². The Bertz CT molecular complexity index is 2050. The smallest absolute Gasteiger partial charge is 0.305 e. The minimum Gasteiger partial charge on any atom is -0.490 e. The molecule has 4 aromatic rings. The molecule has 0 aliphatic carbocycles. The number of anilines is 2. The zero-order valence-electron chi connectivity index (χ0n) is 29.7. The largest absolute Gasteiger partial charge is 0.490 e. The van der Waals surface area contributed by atoms with Gasteiger partial charge < -0.3 is 30.3 Å². The Morgan fingerprint density at radius 3 is 1.16 bits per heavy atom. The van der Waals surface area contributed by atoms with Crippen molar-refractivity contribution in [2.75, 3.05) is 23.8 Å². The average Bonchev–Trinajstić information content (AvgIpc) is 3.09. The summed E-state index contributed by atoms with van der Waals surface area (Å²) in [6, 6.07) is 13.4. The van der Waals surface area contributed by atoms with Crippen LogP contribution in [0.2, 0.25) is 0 Å². The van der Waals surface area contributed by atoms with E-state index in [0.717, 1.165) is 50.2 Å². The van der Waals surface area contributed by atoms with Crippen molar-refractivity contribution in [1.82, 2.24) is 0 Å². The highest BCUT2D eigenvalue weighted by atomic mass is 19.1. The van der Waals surface area contributed by atoms with E-state index < -0.39 is 78.9 Å². The van der Waals surface area contributed by atoms with E-state index in [4.69, 9.17) is 9.47 Å². The second-order valence-corrected chi connectivity index (χ2v) is 12.3. The molecule has 2 unspecified atom stereocenters. The number of nitrogens with zero attached hydrogens (tertiary/aromatic N) is 4. The number of hydrogen-bond donors (Lipinski definition) is 4. The molecule has 0 saturated heterocycles. The molecule has 0 saturated carbocycles. The Balaban J connectivity index is 0.000000300. The zero-order valence-corrected chi connectivity index (χ0v) is 29.7. The molecule has 296 valence electrons. The summed E-state index contributed by atoms with van der Waals surface area (Å²) in [5, 5.41) is 68.2. The lowest BCUT2D eigenvalue weighted by Gasteiger charge is -2.22. The van der Waals surface area contributed by atoms with Gasteiger partial charge >= 0.3 is 11.4 Å². The number of aryl methyl sites for hydroxylation is 2. The molecular weight excluding hydrogens is 754 g/mol. The third-order valence-corrected chi connectivity index (χ3v) is 7.55. The zero-order chi connectivity index (χ0) is 42.1. The van der Waals surface area contributed by atoms with Crippen molar-refractivity contribution in [3.8, 4) is 11.5 Å². The van der Waals surface area contributed by atoms with E-state index in [1.807, 2.05) is 0 Å². The van der Waals surface area contributed by atoms with Gasteiger partial charge in [-0.3, -0.25) is 50.0 Å². The number of nitro groups is 4. The molecule has 4 rings (SSSR count). The number of aliphatic hydroxyl groups is 2. The number of ether oxygens (including phenoxy) is 2. The molecule has 4 N–H and O–H groups in total. The molecule has 0 radical (unpaired) electrons. The first kappa shape index (κ1) is 43.2. The lowest BCUT2D eigenvalue weighted by molar-refractivity contribution is -0.387. The molecule has 4 aromatic carbocycles. The number of hydrogen-bond acceptors (Lipinski definition) is 14. The van der Waals surface area contributed by atoms with Gasteiger partial charge in [0, 0.05) is 58.9 Å². The van der Waals surface area contributed by atoms with E-state index in [1.165, 1.54) is 50.2 Å². The van der Waals surface area contributed by atoms with Crippen LogP contribution in [0.1, 0.15) is 25.0 Å². The topological polar surface area (TPSA) is 290 Å². The van der Waals surface area contributed by atoms with Crippen LogP contribution in [-0.2, 0) is 9.59 Å². The number of halogens is 2. The molecule has 0 fully saturated rings. The van der Waals surface area contributed by atoms with Crippen molar-refractivity contribution >= 4 is 45.9 Å². The summed E-state index contributed by atoms with van der Waals surface area (Å²) in [5.41, 5.74) is -4.66. The number of carbonyl (C=O) groups is 2. The van der Waals surface area contributed by atoms with E-state index in [2.05, 4.69) is 10.6 Å². The molecule has 0 aliphatic heterocycles. The highest BCUT2D eigenvalue weighted by Gasteiger charge is 2.33. The quantitative estimate of drug-likeness (QED) is 0.0915. The van der Waals surface area contributed by atoms with Crippen LogP contribution in [0, 0.1) is 65.9 Å². The van der Waals surface area contributed by atoms with Gasteiger partial charge in [-0.05, 0) is 64.1 Å². The number of benzene rings is 4. The monoisotopic (exact) mass is 786 g/mol. The normalized spacial score (nSPS) is 12.7. The molecule has 2 atom stereocenters. The minimum absolute atomic E-state index is 0.109. The SMILES string of the molecule is Cc1cc(NC(=O)C(C)(O)COc2ccc([N+](=O)[O-])c(F)c2)ccc1[N+](=O)[O-].Cc1cc(NC(=O)C(C)(O)COc2ccc([N+](=O)[O-])c(F)c2)ccc1[N+](=O)[O-]. The van der Waals surface area contributed by atoms with Crippen LogP contribution in [0.5, 0.6) is 11.5 Å². The second-order valence-electron chi connectivity index (χ2n) is 12.3. The molecule has 22 heteroatoms. The fraction of sp³-hybridized carbons (Fsp3) is 0.235. The minimum atomic E-state index is -2.03. The van der Waals surface area contributed by atoms with Gasteiger partial charge in [-0.25, -0.2) is 0 Å². The Morgan fingerprint density at radius 1 is 0.589 bits per heavy atom. The van der Waals surface area contributed by atoms with Crippen LogP contribution in [0.15, 0.2) is 72.8 Å². The first-order valence-corrected chi connectivity index (χ1v) is 15.7. The van der Waals surface area contributed by atoms with Gasteiger partial charge in [0.2, 0.25) is 11.6 Å². The predicted octanol–water partition coefficient (Wildman–Crippen LogP) is 5.44. The van der Waals surface area contributed by atoms with Crippen LogP contribution in [0.4, 0.5) is 42.9 Å². The number of carbonyl (C=O) groups excluding carboxylic acids is 2. The van der Waals surface area contributed by atoms with E-state index >= 15 is 0 Å². The van der Waals surface area contributed by atoms with Crippen LogP contribution in [0.25, 0.3) is 0 Å². The molecule has 0 bridgehead atoms. The summed E-state index contributed by atoms with van der Waals surface area (Å²) in [6.45, 7) is 4.17. The van der Waals surface area contributed by atoms with Crippen LogP contribution in [0.3, 0.4) is 0 Å². The number of rotatable bonds is 14. The molecule has 0 aliphatic rings. The van der Waals surface area contributed by atoms with Crippen LogP contribution >= 0.6 is 0 Å². The van der Waals surface area contributed by atoms with Crippen molar-refractivity contribution in [1.29, 1.82) is 0 Å². The van der Waals surface area contributed by atoms with Crippen molar-refractivity contribution in [2.24, 2.45) is 0 Å². The highest BCUT2D eigenvalue weighted by molar-refractivity contribution is 5.97. The van der Waals surface area contributed by atoms with Gasteiger partial charge in [0.05, 0.1) is 19.7 Å². The van der Waals surface area contributed by atoms with Crippen molar-refractivity contribution < 1.29 is 57.7 Å². The third kappa shape index (κ3) is 11.4. The number of nitro benzene ring substituents is 4. The van der Waals surface area contributed by atoms with Crippen LogP contribution < -0.4 is 20.1 Å². The second kappa shape index (κ2) is 17.7. The molecule has 0 aromatic heterocycles. The standard InChI is InChI=1S/2C17H16FN3O7/c2*1-10-7-11(3-5-14(10)20(24)25)19-16(22)17(2,23)9-28-12-4-6-15(21(26)27)13(18)8-12/h2*3-8,23H,9H2,1-2H3,(H,19,22). The molecular formula is C34H32F2N6O14. The van der Waals surface area contributed by atoms with E-state index in [9.17, 15) is 69.0 Å². The fourth-order valence-corrected chi connectivity index (χ4v) is 4.44. The van der Waals surface area contributed by atoms with Crippen LogP contribution in [-0.4, -0.2) is 66.1 Å². The molecule has 0 spiro atoms. The average molecular weight is 787 g/mol. The van der Waals surface area contributed by atoms with Gasteiger partial charge in [0.1, 0.15) is 24.7 Å². The van der Waals surface area contributed by atoms with Gasteiger partial charge in [0.15, 0.2) is 11.2 Å². The van der Waals surface area contributed by atoms with Gasteiger partial charge in [-0.1, -0.05) is 0 Å². The summed E-state index contributed by atoms with van der Waals surface area (Å²) < 4.78 is 37.5. The first-order chi connectivity index (χ1) is 26.0. The van der Waals surface area contributed by atoms with Gasteiger partial charge in [0.25, 0.3) is 23.2 Å². The van der Waals surface area contributed by atoms with Crippen molar-refractivity contribution in [3.63, 3.8) is 0 Å². The lowest BCUT2D eigenvalue weighted by atomic mass is 10.1. The lowest BCUT2D eigenvalue weighted by Crippen LogP contribution is -2.45. The van der Waals surface area contributed by atoms with Crippen molar-refractivity contribution in [2.45, 2.75) is 38.9 Å². The van der Waals surface area contributed by atoms with Gasteiger partial charge in [-0.2, -0.15) is 8.78 Å². The van der Waals surface area contributed by atoms with E-state index in [1.54, 1.807) is 0 Å². The third-order valence-electron chi connectivity index (χ3n) is 7.55. The van der Waals surface area contributed by atoms with Crippen molar-refractivity contribution in [3.05, 3.63) is 136 Å². The summed E-state index contributed by atoms with van der Waals surface area (Å²) in [4.78, 5) is 64.4. The maximum atomic E-state index is 13.6. The number of nitrogens with one attached hydrogen (secondary N) is 2. The summed E-state index contributed by atoms with van der Waals surface area (Å²) in [5.74, 6) is -4.17. The van der Waals surface area contributed by atoms with E-state index in [-0.39, 0.29) is 34.2 Å². The maximum Gasteiger partial charge on any atom is 0.305 e. The maximum absolute atomic E-state index is 13.6. The molecule has 20 nitrogen and oxygen atoms in total. The Hall–Kier alpha value is -7.20. The Kier molecular flexibility index (Phi) is 13.7. The first-order valence-electron chi connectivity index (χ1n) is 15.7. The predicted molar refractivity (Wildman–Crippen MR) is 191 cm³/mol. The Labute approximate surface area is 313 Å². The summed E-state index contributed by atoms with van der Waals surface area (Å²) >= 11 is 0.